The van der Waals surface area contributed by atoms with E-state index in [-0.39, 0.29) is 11.9 Å². The van der Waals surface area contributed by atoms with Crippen LogP contribution in [-0.4, -0.2) is 30.4 Å². The SMILES string of the molecule is O=C(COC(=O)/C=C/c1cccc(Cl)c1)Nc1ccccc1C(=O)NC1CC1. The molecule has 0 radical (unpaired) electrons. The number of para-hydroxylation sites is 1. The molecule has 2 amide bonds. The number of carbonyl (C=O) groups excluding carboxylic acids is 3. The molecule has 3 rings (SSSR count). The van der Waals surface area contributed by atoms with Crippen molar-refractivity contribution in [1.82, 2.24) is 5.32 Å². The van der Waals surface area contributed by atoms with Gasteiger partial charge in [0, 0.05) is 17.1 Å². The molecular formula is C21H19ClN2O4. The molecular weight excluding hydrogens is 380 g/mol. The number of hydrogen-bond acceptors (Lipinski definition) is 4. The fourth-order valence-electron chi connectivity index (χ4n) is 2.43. The van der Waals surface area contributed by atoms with Crippen LogP contribution in [0.1, 0.15) is 28.8 Å². The molecule has 28 heavy (non-hydrogen) atoms. The van der Waals surface area contributed by atoms with Gasteiger partial charge in [0.05, 0.1) is 11.3 Å². The number of amides is 2. The van der Waals surface area contributed by atoms with Gasteiger partial charge in [-0.3, -0.25) is 9.59 Å². The maximum absolute atomic E-state index is 12.2. The van der Waals surface area contributed by atoms with E-state index in [4.69, 9.17) is 16.3 Å². The van der Waals surface area contributed by atoms with Gasteiger partial charge in [0.2, 0.25) is 0 Å². The third kappa shape index (κ3) is 5.96. The predicted molar refractivity (Wildman–Crippen MR) is 107 cm³/mol. The second-order valence-corrected chi connectivity index (χ2v) is 6.77. The van der Waals surface area contributed by atoms with Crippen LogP contribution in [0, 0.1) is 0 Å². The molecule has 0 heterocycles. The molecule has 1 fully saturated rings. The van der Waals surface area contributed by atoms with Crippen molar-refractivity contribution in [2.45, 2.75) is 18.9 Å². The minimum Gasteiger partial charge on any atom is -0.452 e. The Labute approximate surface area is 167 Å². The van der Waals surface area contributed by atoms with Gasteiger partial charge in [-0.15, -0.1) is 0 Å². The van der Waals surface area contributed by atoms with Crippen LogP contribution in [0.3, 0.4) is 0 Å². The van der Waals surface area contributed by atoms with Crippen LogP contribution < -0.4 is 10.6 Å². The summed E-state index contributed by atoms with van der Waals surface area (Å²) in [6.07, 6.45) is 4.71. The lowest BCUT2D eigenvalue weighted by Gasteiger charge is -2.11. The van der Waals surface area contributed by atoms with Crippen LogP contribution in [-0.2, 0) is 14.3 Å². The minimum atomic E-state index is -0.658. The van der Waals surface area contributed by atoms with Crippen LogP contribution >= 0.6 is 11.6 Å². The molecule has 6 nitrogen and oxygen atoms in total. The van der Waals surface area contributed by atoms with Crippen molar-refractivity contribution < 1.29 is 19.1 Å². The average molecular weight is 399 g/mol. The zero-order valence-corrected chi connectivity index (χ0v) is 15.7. The van der Waals surface area contributed by atoms with E-state index in [0.29, 0.717) is 16.3 Å². The maximum atomic E-state index is 12.2. The van der Waals surface area contributed by atoms with Crippen molar-refractivity contribution in [3.8, 4) is 0 Å². The van der Waals surface area contributed by atoms with Gasteiger partial charge in [0.25, 0.3) is 11.8 Å². The van der Waals surface area contributed by atoms with Crippen LogP contribution in [0.5, 0.6) is 0 Å². The van der Waals surface area contributed by atoms with Gasteiger partial charge >= 0.3 is 5.97 Å². The fraction of sp³-hybridized carbons (Fsp3) is 0.190. The predicted octanol–water partition coefficient (Wildman–Crippen LogP) is 3.43. The van der Waals surface area contributed by atoms with E-state index in [9.17, 15) is 14.4 Å². The summed E-state index contributed by atoms with van der Waals surface area (Å²) in [4.78, 5) is 36.1. The number of ether oxygens (including phenoxy) is 1. The summed E-state index contributed by atoms with van der Waals surface area (Å²) in [5, 5.41) is 6.03. The van der Waals surface area contributed by atoms with E-state index < -0.39 is 18.5 Å². The highest BCUT2D eigenvalue weighted by atomic mass is 35.5. The van der Waals surface area contributed by atoms with Gasteiger partial charge in [-0.1, -0.05) is 35.9 Å². The number of rotatable bonds is 7. The van der Waals surface area contributed by atoms with E-state index in [1.165, 1.54) is 6.08 Å². The number of hydrogen-bond donors (Lipinski definition) is 2. The van der Waals surface area contributed by atoms with Crippen molar-refractivity contribution >= 4 is 41.1 Å². The Morgan fingerprint density at radius 1 is 1.11 bits per heavy atom. The lowest BCUT2D eigenvalue weighted by molar-refractivity contribution is -0.142. The van der Waals surface area contributed by atoms with Gasteiger partial charge in [0.1, 0.15) is 0 Å². The molecule has 2 aromatic rings. The maximum Gasteiger partial charge on any atom is 0.331 e. The summed E-state index contributed by atoms with van der Waals surface area (Å²) < 4.78 is 4.93. The normalized spacial score (nSPS) is 13.2. The Morgan fingerprint density at radius 2 is 1.89 bits per heavy atom. The summed E-state index contributed by atoms with van der Waals surface area (Å²) >= 11 is 5.87. The molecule has 0 saturated heterocycles. The molecule has 1 saturated carbocycles. The molecule has 2 N–H and O–H groups in total. The van der Waals surface area contributed by atoms with E-state index in [2.05, 4.69) is 10.6 Å². The zero-order chi connectivity index (χ0) is 19.9. The summed E-state index contributed by atoms with van der Waals surface area (Å²) in [5.41, 5.74) is 1.48. The molecule has 0 aliphatic heterocycles. The summed E-state index contributed by atoms with van der Waals surface area (Å²) in [5.74, 6) is -1.43. The highest BCUT2D eigenvalue weighted by Gasteiger charge is 2.25. The fourth-order valence-corrected chi connectivity index (χ4v) is 2.63. The average Bonchev–Trinajstić information content (AvgIpc) is 3.49. The van der Waals surface area contributed by atoms with Crippen molar-refractivity contribution in [2.24, 2.45) is 0 Å². The first-order valence-electron chi connectivity index (χ1n) is 8.81. The van der Waals surface area contributed by atoms with E-state index in [1.807, 2.05) is 0 Å². The van der Waals surface area contributed by atoms with Gasteiger partial charge < -0.3 is 15.4 Å². The number of halogens is 1. The number of benzene rings is 2. The molecule has 0 atom stereocenters. The summed E-state index contributed by atoms with van der Waals surface area (Å²) in [7, 11) is 0. The highest BCUT2D eigenvalue weighted by Crippen LogP contribution is 2.21. The van der Waals surface area contributed by atoms with Crippen LogP contribution in [0.4, 0.5) is 5.69 Å². The summed E-state index contributed by atoms with van der Waals surface area (Å²) in [6, 6.07) is 13.9. The lowest BCUT2D eigenvalue weighted by atomic mass is 10.1. The van der Waals surface area contributed by atoms with Crippen LogP contribution in [0.2, 0.25) is 5.02 Å². The molecule has 0 spiro atoms. The van der Waals surface area contributed by atoms with Gasteiger partial charge in [-0.2, -0.15) is 0 Å². The van der Waals surface area contributed by atoms with Gasteiger partial charge in [-0.25, -0.2) is 4.79 Å². The van der Waals surface area contributed by atoms with Crippen LogP contribution in [0.25, 0.3) is 6.08 Å². The number of esters is 1. The third-order valence-electron chi connectivity index (χ3n) is 3.96. The largest absolute Gasteiger partial charge is 0.452 e. The van der Waals surface area contributed by atoms with E-state index in [0.717, 1.165) is 18.4 Å². The zero-order valence-electron chi connectivity index (χ0n) is 15.0. The highest BCUT2D eigenvalue weighted by molar-refractivity contribution is 6.30. The second-order valence-electron chi connectivity index (χ2n) is 6.34. The smallest absolute Gasteiger partial charge is 0.331 e. The topological polar surface area (TPSA) is 84.5 Å². The Morgan fingerprint density at radius 3 is 2.64 bits per heavy atom. The first-order chi connectivity index (χ1) is 13.5. The van der Waals surface area contributed by atoms with Gasteiger partial charge in [-0.05, 0) is 48.7 Å². The molecule has 144 valence electrons. The monoisotopic (exact) mass is 398 g/mol. The van der Waals surface area contributed by atoms with Gasteiger partial charge in [0.15, 0.2) is 6.61 Å². The van der Waals surface area contributed by atoms with Crippen molar-refractivity contribution in [2.75, 3.05) is 11.9 Å². The molecule has 2 aromatic carbocycles. The lowest BCUT2D eigenvalue weighted by Crippen LogP contribution is -2.27. The first-order valence-corrected chi connectivity index (χ1v) is 9.19. The molecule has 1 aliphatic carbocycles. The molecule has 0 unspecified atom stereocenters. The third-order valence-corrected chi connectivity index (χ3v) is 4.20. The quantitative estimate of drug-likeness (QED) is 0.552. The van der Waals surface area contributed by atoms with Crippen molar-refractivity contribution in [1.29, 1.82) is 0 Å². The Kier molecular flexibility index (Phi) is 6.45. The number of anilines is 1. The molecule has 7 heteroatoms. The van der Waals surface area contributed by atoms with E-state index >= 15 is 0 Å². The molecule has 0 aromatic heterocycles. The Hall–Kier alpha value is -3.12. The van der Waals surface area contributed by atoms with Crippen molar-refractivity contribution in [3.05, 3.63) is 70.8 Å². The standard InChI is InChI=1S/C21H19ClN2O4/c22-15-5-3-4-14(12-15)8-11-20(26)28-13-19(25)24-18-7-2-1-6-17(18)21(27)23-16-9-10-16/h1-8,11-12,16H,9-10,13H2,(H,23,27)(H,24,25)/b11-8+. The Balaban J connectivity index is 1.51. The first kappa shape index (κ1) is 19.6. The van der Waals surface area contributed by atoms with Crippen LogP contribution in [0.15, 0.2) is 54.6 Å². The Bertz CT molecular complexity index is 922. The molecule has 0 bridgehead atoms. The minimum absolute atomic E-state index is 0.212. The second kappa shape index (κ2) is 9.19. The number of nitrogens with one attached hydrogen (secondary N) is 2. The summed E-state index contributed by atoms with van der Waals surface area (Å²) in [6.45, 7) is -0.461. The number of carbonyl (C=O) groups is 3. The van der Waals surface area contributed by atoms with E-state index in [1.54, 1.807) is 54.6 Å². The van der Waals surface area contributed by atoms with Crippen molar-refractivity contribution in [3.63, 3.8) is 0 Å². The molecule has 1 aliphatic rings.